The summed E-state index contributed by atoms with van der Waals surface area (Å²) in [6, 6.07) is 6.62. The van der Waals surface area contributed by atoms with Gasteiger partial charge in [0.05, 0.1) is 28.5 Å². The lowest BCUT2D eigenvalue weighted by Gasteiger charge is -2.06. The maximum absolute atomic E-state index is 12.5. The fraction of sp³-hybridized carbons (Fsp3) is 0.133. The van der Waals surface area contributed by atoms with Gasteiger partial charge in [-0.1, -0.05) is 29.3 Å². The molecule has 0 unspecified atom stereocenters. The lowest BCUT2D eigenvalue weighted by atomic mass is 10.2. The minimum absolute atomic E-state index is 0.277. The molecule has 0 aliphatic carbocycles. The largest absolute Gasteiger partial charge is 0.387 e. The summed E-state index contributed by atoms with van der Waals surface area (Å²) in [5, 5.41) is 16.2. The molecule has 124 valence electrons. The number of rotatable bonds is 4. The molecule has 9 heteroatoms. The number of hydrogen-bond acceptors (Lipinski definition) is 4. The topological polar surface area (TPSA) is 88.6 Å². The van der Waals surface area contributed by atoms with Crippen LogP contribution in [-0.2, 0) is 11.3 Å². The highest BCUT2D eigenvalue weighted by atomic mass is 35.5. The molecule has 0 spiro atoms. The number of fused-ring (bicyclic) bond motifs is 1. The van der Waals surface area contributed by atoms with Crippen LogP contribution in [0.15, 0.2) is 41.6 Å². The third-order valence-corrected chi connectivity index (χ3v) is 4.10. The predicted octanol–water partition coefficient (Wildman–Crippen LogP) is 1.78. The highest BCUT2D eigenvalue weighted by molar-refractivity contribution is 6.42. The number of carbonyl (C=O) groups excluding carboxylic acids is 1. The van der Waals surface area contributed by atoms with Crippen molar-refractivity contribution in [2.45, 2.75) is 6.54 Å². The number of aromatic nitrogens is 3. The average molecular weight is 367 g/mol. The SMILES string of the molecule is O=C(CO)Nc1cc2c(=O)n(Cc3ccc(Cl)c(Cl)c3)cnn2c1. The van der Waals surface area contributed by atoms with Crippen LogP contribution in [0, 0.1) is 0 Å². The van der Waals surface area contributed by atoms with Crippen molar-refractivity contribution in [1.29, 1.82) is 0 Å². The van der Waals surface area contributed by atoms with Gasteiger partial charge in [0.1, 0.15) is 18.5 Å². The first-order valence-corrected chi connectivity index (χ1v) is 7.66. The molecule has 24 heavy (non-hydrogen) atoms. The molecule has 0 aliphatic rings. The van der Waals surface area contributed by atoms with Crippen LogP contribution >= 0.6 is 23.2 Å². The van der Waals surface area contributed by atoms with Crippen LogP contribution in [0.4, 0.5) is 5.69 Å². The van der Waals surface area contributed by atoms with Gasteiger partial charge in [-0.2, -0.15) is 5.10 Å². The Hall–Kier alpha value is -2.35. The predicted molar refractivity (Wildman–Crippen MR) is 90.7 cm³/mol. The Morgan fingerprint density at radius 1 is 1.25 bits per heavy atom. The van der Waals surface area contributed by atoms with Gasteiger partial charge in [-0.15, -0.1) is 0 Å². The fourth-order valence-electron chi connectivity index (χ4n) is 2.24. The lowest BCUT2D eigenvalue weighted by molar-refractivity contribution is -0.118. The molecule has 0 atom stereocenters. The number of benzene rings is 1. The fourth-order valence-corrected chi connectivity index (χ4v) is 2.56. The van der Waals surface area contributed by atoms with Crippen molar-refractivity contribution in [3.63, 3.8) is 0 Å². The zero-order valence-electron chi connectivity index (χ0n) is 12.2. The molecule has 3 rings (SSSR count). The number of halogens is 2. The highest BCUT2D eigenvalue weighted by Gasteiger charge is 2.10. The van der Waals surface area contributed by atoms with Gasteiger partial charge < -0.3 is 10.4 Å². The van der Waals surface area contributed by atoms with Gasteiger partial charge in [0.25, 0.3) is 5.56 Å². The van der Waals surface area contributed by atoms with Crippen molar-refractivity contribution in [2.24, 2.45) is 0 Å². The second kappa shape index (κ2) is 6.64. The molecule has 7 nitrogen and oxygen atoms in total. The monoisotopic (exact) mass is 366 g/mol. The standard InChI is InChI=1S/C15H12Cl2N4O3/c16-11-2-1-9(3-12(11)17)5-20-8-18-21-6-10(19-14(23)7-22)4-13(21)15(20)24/h1-4,6,8,22H,5,7H2,(H,19,23). The summed E-state index contributed by atoms with van der Waals surface area (Å²) in [4.78, 5) is 23.7. The van der Waals surface area contributed by atoms with Gasteiger partial charge in [-0.25, -0.2) is 4.52 Å². The molecule has 0 fully saturated rings. The summed E-state index contributed by atoms with van der Waals surface area (Å²) in [5.74, 6) is -0.568. The number of carbonyl (C=O) groups is 1. The van der Waals surface area contributed by atoms with Crippen LogP contribution in [0.3, 0.4) is 0 Å². The zero-order valence-corrected chi connectivity index (χ0v) is 13.8. The molecule has 0 saturated carbocycles. The van der Waals surface area contributed by atoms with E-state index in [0.29, 0.717) is 21.2 Å². The van der Waals surface area contributed by atoms with Crippen molar-refractivity contribution >= 4 is 40.3 Å². The van der Waals surface area contributed by atoms with E-state index >= 15 is 0 Å². The van der Waals surface area contributed by atoms with E-state index in [0.717, 1.165) is 5.56 Å². The Morgan fingerprint density at radius 2 is 2.04 bits per heavy atom. The van der Waals surface area contributed by atoms with Crippen molar-refractivity contribution in [3.05, 3.63) is 62.8 Å². The van der Waals surface area contributed by atoms with Crippen molar-refractivity contribution in [3.8, 4) is 0 Å². The third-order valence-electron chi connectivity index (χ3n) is 3.36. The van der Waals surface area contributed by atoms with E-state index in [1.54, 1.807) is 18.2 Å². The first-order valence-electron chi connectivity index (χ1n) is 6.90. The van der Waals surface area contributed by atoms with Crippen LogP contribution in [0.5, 0.6) is 0 Å². The number of nitrogens with one attached hydrogen (secondary N) is 1. The lowest BCUT2D eigenvalue weighted by Crippen LogP contribution is -2.23. The smallest absolute Gasteiger partial charge is 0.278 e. The number of nitrogens with zero attached hydrogens (tertiary/aromatic N) is 3. The molecular formula is C15H12Cl2N4O3. The Labute approximate surface area is 146 Å². The van der Waals surface area contributed by atoms with E-state index in [1.807, 2.05) is 0 Å². The van der Waals surface area contributed by atoms with E-state index in [4.69, 9.17) is 28.3 Å². The summed E-state index contributed by atoms with van der Waals surface area (Å²) in [5.41, 5.74) is 1.20. The minimum Gasteiger partial charge on any atom is -0.387 e. The summed E-state index contributed by atoms with van der Waals surface area (Å²) in [6.07, 6.45) is 2.89. The second-order valence-corrected chi connectivity index (χ2v) is 5.89. The Balaban J connectivity index is 1.94. The molecule has 3 aromatic rings. The summed E-state index contributed by atoms with van der Waals surface area (Å²) in [7, 11) is 0. The maximum atomic E-state index is 12.5. The zero-order chi connectivity index (χ0) is 17.3. The van der Waals surface area contributed by atoms with E-state index in [2.05, 4.69) is 10.4 Å². The van der Waals surface area contributed by atoms with Crippen molar-refractivity contribution in [1.82, 2.24) is 14.2 Å². The van der Waals surface area contributed by atoms with Crippen molar-refractivity contribution < 1.29 is 9.90 Å². The van der Waals surface area contributed by atoms with E-state index in [9.17, 15) is 9.59 Å². The maximum Gasteiger partial charge on any atom is 0.278 e. The van der Waals surface area contributed by atoms with Crippen LogP contribution < -0.4 is 10.9 Å². The number of aliphatic hydroxyl groups is 1. The number of hydrogen-bond donors (Lipinski definition) is 2. The first-order chi connectivity index (χ1) is 11.5. The van der Waals surface area contributed by atoms with Gasteiger partial charge >= 0.3 is 0 Å². The van der Waals surface area contributed by atoms with Gasteiger partial charge in [0.15, 0.2) is 0 Å². The molecule has 2 heterocycles. The second-order valence-electron chi connectivity index (χ2n) is 5.08. The van der Waals surface area contributed by atoms with Gasteiger partial charge in [0.2, 0.25) is 5.91 Å². The molecule has 0 aliphatic heterocycles. The Morgan fingerprint density at radius 3 is 2.75 bits per heavy atom. The average Bonchev–Trinajstić information content (AvgIpc) is 2.97. The van der Waals surface area contributed by atoms with Crippen LogP contribution in [0.2, 0.25) is 10.0 Å². The van der Waals surface area contributed by atoms with Crippen molar-refractivity contribution in [2.75, 3.05) is 11.9 Å². The van der Waals surface area contributed by atoms with Crippen LogP contribution in [0.1, 0.15) is 5.56 Å². The van der Waals surface area contributed by atoms with Crippen LogP contribution in [-0.4, -0.2) is 31.8 Å². The molecule has 0 radical (unpaired) electrons. The number of amides is 1. The number of anilines is 1. The molecular weight excluding hydrogens is 355 g/mol. The molecule has 0 bridgehead atoms. The van der Waals surface area contributed by atoms with E-state index in [1.165, 1.54) is 27.7 Å². The van der Waals surface area contributed by atoms with Crippen LogP contribution in [0.25, 0.3) is 5.52 Å². The normalized spacial score (nSPS) is 11.0. The molecule has 1 amide bonds. The van der Waals surface area contributed by atoms with Gasteiger partial charge in [-0.05, 0) is 23.8 Å². The molecule has 1 aromatic carbocycles. The molecule has 2 N–H and O–H groups in total. The molecule has 0 saturated heterocycles. The quantitative estimate of drug-likeness (QED) is 0.736. The van der Waals surface area contributed by atoms with Gasteiger partial charge in [0, 0.05) is 0 Å². The molecule has 2 aromatic heterocycles. The first kappa shape index (κ1) is 16.5. The third kappa shape index (κ3) is 3.28. The Bertz CT molecular complexity index is 980. The minimum atomic E-state index is -0.638. The van der Waals surface area contributed by atoms with Gasteiger partial charge in [-0.3, -0.25) is 14.2 Å². The van der Waals surface area contributed by atoms with E-state index < -0.39 is 12.5 Å². The summed E-state index contributed by atoms with van der Waals surface area (Å²) in [6.45, 7) is -0.357. The van der Waals surface area contributed by atoms with E-state index in [-0.39, 0.29) is 12.1 Å². The summed E-state index contributed by atoms with van der Waals surface area (Å²) >= 11 is 11.9. The Kier molecular flexibility index (Phi) is 4.57. The summed E-state index contributed by atoms with van der Waals surface area (Å²) < 4.78 is 2.78. The highest BCUT2D eigenvalue weighted by Crippen LogP contribution is 2.22. The number of aliphatic hydroxyl groups excluding tert-OH is 1.